The van der Waals surface area contributed by atoms with E-state index in [2.05, 4.69) is 17.0 Å². The zero-order valence-corrected chi connectivity index (χ0v) is 19.1. The summed E-state index contributed by atoms with van der Waals surface area (Å²) < 4.78 is 7.41. The second-order valence-corrected chi connectivity index (χ2v) is 8.35. The van der Waals surface area contributed by atoms with E-state index in [1.807, 2.05) is 46.5 Å². The number of carbonyl (C=O) groups excluding carboxylic acids is 2. The van der Waals surface area contributed by atoms with Crippen LogP contribution < -0.4 is 0 Å². The maximum Gasteiger partial charge on any atom is 0.274 e. The summed E-state index contributed by atoms with van der Waals surface area (Å²) in [5.74, 6) is 0.101. The zero-order valence-electron chi connectivity index (χ0n) is 19.1. The molecule has 1 aromatic carbocycles. The minimum Gasteiger partial charge on any atom is -0.378 e. The molecule has 0 saturated carbocycles. The molecule has 0 unspecified atom stereocenters. The predicted molar refractivity (Wildman–Crippen MR) is 121 cm³/mol. The summed E-state index contributed by atoms with van der Waals surface area (Å²) in [6, 6.07) is 10.2. The Balaban J connectivity index is 1.60. The fourth-order valence-corrected chi connectivity index (χ4v) is 4.52. The number of rotatable bonds is 7. The van der Waals surface area contributed by atoms with Gasteiger partial charge in [-0.3, -0.25) is 19.2 Å². The molecular weight excluding hydrogens is 406 g/mol. The number of hydrogen-bond donors (Lipinski definition) is 0. The number of ether oxygens (including phenoxy) is 1. The number of benzene rings is 1. The Morgan fingerprint density at radius 2 is 1.78 bits per heavy atom. The normalized spacial score (nSPS) is 16.6. The molecule has 1 aromatic heterocycles. The minimum atomic E-state index is -0.0340. The highest BCUT2D eigenvalue weighted by Crippen LogP contribution is 2.25. The maximum absolute atomic E-state index is 13.4. The fourth-order valence-electron chi connectivity index (χ4n) is 4.52. The molecule has 1 fully saturated rings. The maximum atomic E-state index is 13.4. The highest BCUT2D eigenvalue weighted by Gasteiger charge is 2.31. The van der Waals surface area contributed by atoms with Crippen molar-refractivity contribution in [2.24, 2.45) is 0 Å². The van der Waals surface area contributed by atoms with Crippen LogP contribution >= 0.6 is 0 Å². The van der Waals surface area contributed by atoms with E-state index in [1.54, 1.807) is 0 Å². The molecular formula is C24H33N5O3. The summed E-state index contributed by atoms with van der Waals surface area (Å²) in [7, 11) is 0. The van der Waals surface area contributed by atoms with Crippen molar-refractivity contribution in [3.05, 3.63) is 52.8 Å². The van der Waals surface area contributed by atoms with Gasteiger partial charge in [-0.1, -0.05) is 30.3 Å². The minimum absolute atomic E-state index is 0.0340. The van der Waals surface area contributed by atoms with Crippen molar-refractivity contribution in [2.75, 3.05) is 52.5 Å². The highest BCUT2D eigenvalue weighted by atomic mass is 16.5. The third-order valence-corrected chi connectivity index (χ3v) is 6.36. The van der Waals surface area contributed by atoms with Crippen molar-refractivity contribution in [1.29, 1.82) is 0 Å². The Labute approximate surface area is 189 Å². The lowest BCUT2D eigenvalue weighted by Gasteiger charge is -2.30. The average molecular weight is 440 g/mol. The topological polar surface area (TPSA) is 70.9 Å². The first-order valence-corrected chi connectivity index (χ1v) is 11.6. The van der Waals surface area contributed by atoms with E-state index in [1.165, 1.54) is 0 Å². The lowest BCUT2D eigenvalue weighted by molar-refractivity contribution is -0.132. The average Bonchev–Trinajstić information content (AvgIpc) is 3.18. The fraction of sp³-hybridized carbons (Fsp3) is 0.542. The summed E-state index contributed by atoms with van der Waals surface area (Å²) >= 11 is 0. The quantitative estimate of drug-likeness (QED) is 0.656. The van der Waals surface area contributed by atoms with Crippen molar-refractivity contribution in [1.82, 2.24) is 24.5 Å². The molecule has 32 heavy (non-hydrogen) atoms. The van der Waals surface area contributed by atoms with Gasteiger partial charge in [0.1, 0.15) is 0 Å². The molecule has 0 atom stereocenters. The number of hydrogen-bond acceptors (Lipinski definition) is 5. The van der Waals surface area contributed by atoms with Gasteiger partial charge in [0.05, 0.1) is 26.3 Å². The monoisotopic (exact) mass is 439 g/mol. The molecule has 1 saturated heterocycles. The van der Waals surface area contributed by atoms with E-state index in [0.29, 0.717) is 64.7 Å². The van der Waals surface area contributed by atoms with Gasteiger partial charge in [0.2, 0.25) is 5.91 Å². The van der Waals surface area contributed by atoms with Gasteiger partial charge >= 0.3 is 0 Å². The Bertz CT molecular complexity index is 933. The molecule has 8 nitrogen and oxygen atoms in total. The van der Waals surface area contributed by atoms with E-state index in [-0.39, 0.29) is 11.8 Å². The van der Waals surface area contributed by atoms with Crippen molar-refractivity contribution in [3.8, 4) is 0 Å². The first kappa shape index (κ1) is 22.5. The standard InChI is InChI=1S/C24H33N5O3/c1-3-27(4-2)22(30)18-26-11-10-21-20(17-26)23(24(31)28-12-14-32-15-13-28)25-29(21)16-19-8-6-5-7-9-19/h5-9H,3-4,10-18H2,1-2H3. The third-order valence-electron chi connectivity index (χ3n) is 6.36. The van der Waals surface area contributed by atoms with Crippen LogP contribution in [0.25, 0.3) is 0 Å². The first-order valence-electron chi connectivity index (χ1n) is 11.6. The summed E-state index contributed by atoms with van der Waals surface area (Å²) in [4.78, 5) is 31.9. The second kappa shape index (κ2) is 10.3. The molecule has 0 bridgehead atoms. The number of nitrogens with zero attached hydrogens (tertiary/aromatic N) is 5. The van der Waals surface area contributed by atoms with E-state index < -0.39 is 0 Å². The first-order chi connectivity index (χ1) is 15.6. The number of carbonyl (C=O) groups is 2. The Morgan fingerprint density at radius 3 is 2.47 bits per heavy atom. The van der Waals surface area contributed by atoms with Crippen molar-refractivity contribution in [3.63, 3.8) is 0 Å². The molecule has 3 heterocycles. The van der Waals surface area contributed by atoms with Gasteiger partial charge in [0.25, 0.3) is 5.91 Å². The molecule has 2 aromatic rings. The smallest absolute Gasteiger partial charge is 0.274 e. The summed E-state index contributed by atoms with van der Waals surface area (Å²) in [5.41, 5.74) is 3.76. The van der Waals surface area contributed by atoms with Crippen LogP contribution in [-0.2, 0) is 29.0 Å². The molecule has 0 aliphatic carbocycles. The van der Waals surface area contributed by atoms with E-state index in [0.717, 1.165) is 29.8 Å². The molecule has 8 heteroatoms. The zero-order chi connectivity index (χ0) is 22.5. The van der Waals surface area contributed by atoms with Crippen molar-refractivity contribution < 1.29 is 14.3 Å². The van der Waals surface area contributed by atoms with E-state index >= 15 is 0 Å². The second-order valence-electron chi connectivity index (χ2n) is 8.35. The predicted octanol–water partition coefficient (Wildman–Crippen LogP) is 1.63. The van der Waals surface area contributed by atoms with Gasteiger partial charge in [-0.2, -0.15) is 5.10 Å². The van der Waals surface area contributed by atoms with Crippen LogP contribution in [0.1, 0.15) is 41.2 Å². The van der Waals surface area contributed by atoms with Gasteiger partial charge in [-0.25, -0.2) is 0 Å². The van der Waals surface area contributed by atoms with E-state index in [9.17, 15) is 9.59 Å². The van der Waals surface area contributed by atoms with Gasteiger partial charge in [-0.15, -0.1) is 0 Å². The molecule has 0 N–H and O–H groups in total. The number of morpholine rings is 1. The van der Waals surface area contributed by atoms with Crippen LogP contribution in [0.5, 0.6) is 0 Å². The van der Waals surface area contributed by atoms with Crippen LogP contribution in [0.2, 0.25) is 0 Å². The third kappa shape index (κ3) is 4.86. The van der Waals surface area contributed by atoms with Crippen LogP contribution in [0.15, 0.2) is 30.3 Å². The van der Waals surface area contributed by atoms with Crippen LogP contribution in [-0.4, -0.2) is 88.8 Å². The largest absolute Gasteiger partial charge is 0.378 e. The van der Waals surface area contributed by atoms with Crippen LogP contribution in [0, 0.1) is 0 Å². The van der Waals surface area contributed by atoms with Crippen molar-refractivity contribution in [2.45, 2.75) is 33.4 Å². The molecule has 2 amide bonds. The highest BCUT2D eigenvalue weighted by molar-refractivity contribution is 5.94. The van der Waals surface area contributed by atoms with E-state index in [4.69, 9.17) is 9.84 Å². The van der Waals surface area contributed by atoms with Gasteiger partial charge in [0, 0.05) is 56.9 Å². The van der Waals surface area contributed by atoms with Crippen LogP contribution in [0.4, 0.5) is 0 Å². The number of fused-ring (bicyclic) bond motifs is 1. The van der Waals surface area contributed by atoms with Gasteiger partial charge < -0.3 is 14.5 Å². The van der Waals surface area contributed by atoms with Gasteiger partial charge in [-0.05, 0) is 19.4 Å². The SMILES string of the molecule is CCN(CC)C(=O)CN1CCc2c(c(C(=O)N3CCOCC3)nn2Cc2ccccc2)C1. The van der Waals surface area contributed by atoms with Crippen LogP contribution in [0.3, 0.4) is 0 Å². The molecule has 2 aliphatic rings. The summed E-state index contributed by atoms with van der Waals surface area (Å²) in [6.07, 6.45) is 0.775. The lowest BCUT2D eigenvalue weighted by Crippen LogP contribution is -2.43. The molecule has 4 rings (SSSR count). The molecule has 2 aliphatic heterocycles. The van der Waals surface area contributed by atoms with Crippen molar-refractivity contribution >= 4 is 11.8 Å². The summed E-state index contributed by atoms with van der Waals surface area (Å²) in [5, 5.41) is 4.81. The molecule has 0 radical (unpaired) electrons. The lowest BCUT2D eigenvalue weighted by atomic mass is 10.0. The number of likely N-dealkylation sites (N-methyl/N-ethyl adjacent to an activating group) is 1. The number of aromatic nitrogens is 2. The number of amides is 2. The molecule has 0 spiro atoms. The summed E-state index contributed by atoms with van der Waals surface area (Å²) in [6.45, 7) is 10.1. The Kier molecular flexibility index (Phi) is 7.22. The Morgan fingerprint density at radius 1 is 1.06 bits per heavy atom. The molecule has 172 valence electrons. The Hall–Kier alpha value is -2.71. The van der Waals surface area contributed by atoms with Gasteiger partial charge in [0.15, 0.2) is 5.69 Å².